The van der Waals surface area contributed by atoms with Crippen molar-refractivity contribution in [1.29, 1.82) is 0 Å². The Morgan fingerprint density at radius 1 is 0.286 bits per heavy atom. The summed E-state index contributed by atoms with van der Waals surface area (Å²) < 4.78 is 0. The van der Waals surface area contributed by atoms with E-state index >= 15 is 0 Å². The molecule has 1 spiro atoms. The highest BCUT2D eigenvalue weighted by molar-refractivity contribution is 5.97. The molecule has 0 atom stereocenters. The van der Waals surface area contributed by atoms with Crippen LogP contribution in [-0.4, -0.2) is 9.97 Å². The second-order valence-corrected chi connectivity index (χ2v) is 12.9. The minimum atomic E-state index is -0.515. The minimum absolute atomic E-state index is 0.515. The van der Waals surface area contributed by atoms with E-state index in [0.29, 0.717) is 0 Å². The Hall–Kier alpha value is -6.38. The molecule has 228 valence electrons. The topological polar surface area (TPSA) is 25.8 Å². The van der Waals surface area contributed by atoms with E-state index in [1.165, 1.54) is 50.1 Å². The van der Waals surface area contributed by atoms with Gasteiger partial charge in [-0.2, -0.15) is 0 Å². The van der Waals surface area contributed by atoms with Crippen LogP contribution in [-0.2, 0) is 5.41 Å². The quantitative estimate of drug-likeness (QED) is 0.195. The molecule has 2 nitrogen and oxygen atoms in total. The van der Waals surface area contributed by atoms with Gasteiger partial charge in [-0.25, -0.2) is 9.97 Å². The van der Waals surface area contributed by atoms with Crippen molar-refractivity contribution in [3.05, 3.63) is 204 Å². The Labute approximate surface area is 286 Å². The fourth-order valence-electron chi connectivity index (χ4n) is 8.19. The third kappa shape index (κ3) is 4.07. The lowest BCUT2D eigenvalue weighted by molar-refractivity contribution is 0.788. The standard InChI is InChI=1S/C47H30N2/c1-3-13-31(14-4-1)32-23-25-33(26-24-32)34-27-29-36(30-28-34)46-48-44(35-15-5-2-6-16-35)43-45(49-46)39-19-9-12-22-42(39)47(43)40-20-10-7-17-37(40)38-18-8-11-21-41(38)47/h1-30H. The van der Waals surface area contributed by atoms with Crippen LogP contribution in [0.25, 0.3) is 67.3 Å². The van der Waals surface area contributed by atoms with Crippen molar-refractivity contribution in [2.24, 2.45) is 0 Å². The number of hydrogen-bond donors (Lipinski definition) is 0. The lowest BCUT2D eigenvalue weighted by Gasteiger charge is -2.31. The molecule has 0 unspecified atom stereocenters. The van der Waals surface area contributed by atoms with E-state index in [-0.39, 0.29) is 0 Å². The first-order valence-corrected chi connectivity index (χ1v) is 16.8. The normalized spacial score (nSPS) is 13.1. The van der Waals surface area contributed by atoms with Crippen LogP contribution in [0.5, 0.6) is 0 Å². The highest BCUT2D eigenvalue weighted by Gasteiger charge is 2.54. The highest BCUT2D eigenvalue weighted by Crippen LogP contribution is 2.63. The highest BCUT2D eigenvalue weighted by atomic mass is 14.9. The Balaban J connectivity index is 1.16. The van der Waals surface area contributed by atoms with E-state index in [9.17, 15) is 0 Å². The van der Waals surface area contributed by atoms with Gasteiger partial charge in [-0.05, 0) is 50.1 Å². The molecule has 10 rings (SSSR count). The van der Waals surface area contributed by atoms with E-state index in [2.05, 4.69) is 182 Å². The van der Waals surface area contributed by atoms with Crippen LogP contribution in [0.1, 0.15) is 22.3 Å². The zero-order chi connectivity index (χ0) is 32.4. The maximum absolute atomic E-state index is 5.47. The van der Waals surface area contributed by atoms with Gasteiger partial charge in [0.2, 0.25) is 0 Å². The number of nitrogens with zero attached hydrogens (tertiary/aromatic N) is 2. The molecule has 0 bridgehead atoms. The van der Waals surface area contributed by atoms with Crippen molar-refractivity contribution in [1.82, 2.24) is 9.97 Å². The molecular weight excluding hydrogens is 593 g/mol. The number of benzene rings is 7. The molecule has 7 aromatic carbocycles. The largest absolute Gasteiger partial charge is 0.228 e. The second-order valence-electron chi connectivity index (χ2n) is 12.9. The molecule has 1 heterocycles. The van der Waals surface area contributed by atoms with Gasteiger partial charge < -0.3 is 0 Å². The molecule has 0 radical (unpaired) electrons. The van der Waals surface area contributed by atoms with E-state index in [1.807, 2.05) is 0 Å². The van der Waals surface area contributed by atoms with Gasteiger partial charge in [0, 0.05) is 22.3 Å². The smallest absolute Gasteiger partial charge is 0.160 e. The zero-order valence-electron chi connectivity index (χ0n) is 26.7. The Kier molecular flexibility index (Phi) is 6.13. The second kappa shape index (κ2) is 10.8. The van der Waals surface area contributed by atoms with Crippen LogP contribution in [0, 0.1) is 0 Å². The average molecular weight is 623 g/mol. The third-order valence-electron chi connectivity index (χ3n) is 10.3. The molecule has 0 aliphatic heterocycles. The summed E-state index contributed by atoms with van der Waals surface area (Å²) in [5.41, 5.74) is 17.1. The monoisotopic (exact) mass is 622 g/mol. The van der Waals surface area contributed by atoms with Crippen molar-refractivity contribution in [3.8, 4) is 67.3 Å². The van der Waals surface area contributed by atoms with Crippen LogP contribution < -0.4 is 0 Å². The van der Waals surface area contributed by atoms with E-state index in [4.69, 9.17) is 9.97 Å². The zero-order valence-corrected chi connectivity index (χ0v) is 26.7. The Morgan fingerprint density at radius 2 is 0.653 bits per heavy atom. The van der Waals surface area contributed by atoms with E-state index in [0.717, 1.165) is 39.5 Å². The van der Waals surface area contributed by atoms with Crippen molar-refractivity contribution in [3.63, 3.8) is 0 Å². The first kappa shape index (κ1) is 27.7. The third-order valence-corrected chi connectivity index (χ3v) is 10.3. The Morgan fingerprint density at radius 3 is 1.18 bits per heavy atom. The summed E-state index contributed by atoms with van der Waals surface area (Å²) in [4.78, 5) is 10.9. The van der Waals surface area contributed by atoms with Gasteiger partial charge in [-0.3, -0.25) is 0 Å². The summed E-state index contributed by atoms with van der Waals surface area (Å²) in [5.74, 6) is 0.731. The predicted molar refractivity (Wildman–Crippen MR) is 200 cm³/mol. The molecule has 0 saturated carbocycles. The lowest BCUT2D eigenvalue weighted by Crippen LogP contribution is -2.27. The summed E-state index contributed by atoms with van der Waals surface area (Å²) in [5, 5.41) is 0. The molecule has 0 N–H and O–H groups in total. The maximum Gasteiger partial charge on any atom is 0.160 e. The van der Waals surface area contributed by atoms with Crippen LogP contribution in [0.4, 0.5) is 0 Å². The van der Waals surface area contributed by atoms with Crippen molar-refractivity contribution in [2.75, 3.05) is 0 Å². The number of fused-ring (bicyclic) bond motifs is 10. The van der Waals surface area contributed by atoms with Crippen molar-refractivity contribution < 1.29 is 0 Å². The molecule has 0 amide bonds. The minimum Gasteiger partial charge on any atom is -0.228 e. The fourth-order valence-corrected chi connectivity index (χ4v) is 8.19. The van der Waals surface area contributed by atoms with Crippen LogP contribution in [0.15, 0.2) is 182 Å². The van der Waals surface area contributed by atoms with Crippen LogP contribution in [0.3, 0.4) is 0 Å². The predicted octanol–water partition coefficient (Wildman–Crippen LogP) is 11.5. The van der Waals surface area contributed by atoms with Gasteiger partial charge in [-0.1, -0.05) is 182 Å². The molecular formula is C47H30N2. The van der Waals surface area contributed by atoms with Crippen LogP contribution >= 0.6 is 0 Å². The molecule has 0 fully saturated rings. The lowest BCUT2D eigenvalue weighted by atomic mass is 9.69. The summed E-state index contributed by atoms with van der Waals surface area (Å²) in [6.07, 6.45) is 0. The molecule has 2 aliphatic rings. The molecule has 8 aromatic rings. The van der Waals surface area contributed by atoms with Gasteiger partial charge >= 0.3 is 0 Å². The fraction of sp³-hybridized carbons (Fsp3) is 0.0213. The summed E-state index contributed by atoms with van der Waals surface area (Å²) in [6, 6.07) is 65.2. The first-order valence-electron chi connectivity index (χ1n) is 16.8. The van der Waals surface area contributed by atoms with Gasteiger partial charge in [-0.15, -0.1) is 0 Å². The molecule has 2 heteroatoms. The van der Waals surface area contributed by atoms with Gasteiger partial charge in [0.25, 0.3) is 0 Å². The summed E-state index contributed by atoms with van der Waals surface area (Å²) in [6.45, 7) is 0. The number of aromatic nitrogens is 2. The van der Waals surface area contributed by atoms with Crippen LogP contribution in [0.2, 0.25) is 0 Å². The summed E-state index contributed by atoms with van der Waals surface area (Å²) >= 11 is 0. The van der Waals surface area contributed by atoms with Gasteiger partial charge in [0.15, 0.2) is 5.82 Å². The number of hydrogen-bond acceptors (Lipinski definition) is 2. The van der Waals surface area contributed by atoms with Crippen molar-refractivity contribution in [2.45, 2.75) is 5.41 Å². The Bertz CT molecular complexity index is 2470. The molecule has 0 saturated heterocycles. The average Bonchev–Trinajstić information content (AvgIpc) is 3.66. The van der Waals surface area contributed by atoms with Gasteiger partial charge in [0.05, 0.1) is 16.8 Å². The van der Waals surface area contributed by atoms with E-state index in [1.54, 1.807) is 0 Å². The number of rotatable bonds is 4. The molecule has 2 aliphatic carbocycles. The van der Waals surface area contributed by atoms with E-state index < -0.39 is 5.41 Å². The van der Waals surface area contributed by atoms with Crippen molar-refractivity contribution >= 4 is 0 Å². The first-order chi connectivity index (χ1) is 24.3. The molecule has 1 aromatic heterocycles. The summed E-state index contributed by atoms with van der Waals surface area (Å²) in [7, 11) is 0. The SMILES string of the molecule is c1ccc(-c2ccc(-c3ccc(-c4nc(-c5ccccc5)c5c(n4)-c4ccccc4C54c5ccccc5-c5ccccc54)cc3)cc2)cc1. The molecule has 49 heavy (non-hydrogen) atoms. The van der Waals surface area contributed by atoms with Gasteiger partial charge in [0.1, 0.15) is 0 Å². The maximum atomic E-state index is 5.47.